The Balaban J connectivity index is 1.65. The van der Waals surface area contributed by atoms with Crippen LogP contribution in [0.15, 0.2) is 41.0 Å². The SMILES string of the molecule is COC1CCC(Oc2cc(F)ccc2Cc2ncnc3cc(N=S(C)(C)=O)cc(F)c23)CC1. The summed E-state index contributed by atoms with van der Waals surface area (Å²) in [6.07, 6.45) is 8.20. The van der Waals surface area contributed by atoms with Gasteiger partial charge in [0.2, 0.25) is 0 Å². The average Bonchev–Trinajstić information content (AvgIpc) is 2.75. The fourth-order valence-electron chi connectivity index (χ4n) is 4.16. The number of hydrogen-bond acceptors (Lipinski definition) is 6. The standard InChI is InChI=1S/C24H27F2N3O3S/c1-31-18-6-8-19(9-7-18)32-23-11-16(25)5-4-15(23)10-21-24-20(26)12-17(29-33(2,3)30)13-22(24)28-14-27-21/h4-5,11-14,18-19H,6-10H2,1-3H3. The molecule has 0 atom stereocenters. The lowest BCUT2D eigenvalue weighted by atomic mass is 9.95. The zero-order valence-corrected chi connectivity index (χ0v) is 19.7. The van der Waals surface area contributed by atoms with E-state index in [-0.39, 0.29) is 29.7 Å². The second kappa shape index (κ2) is 9.69. The molecule has 0 aliphatic heterocycles. The Bertz CT molecular complexity index is 1280. The Morgan fingerprint density at radius 2 is 1.79 bits per heavy atom. The first kappa shape index (κ1) is 23.5. The topological polar surface area (TPSA) is 73.7 Å². The van der Waals surface area contributed by atoms with Crippen LogP contribution in [-0.2, 0) is 20.9 Å². The summed E-state index contributed by atoms with van der Waals surface area (Å²) in [5.41, 5.74) is 1.79. The van der Waals surface area contributed by atoms with Gasteiger partial charge in [-0.15, -0.1) is 0 Å². The molecule has 0 spiro atoms. The van der Waals surface area contributed by atoms with Gasteiger partial charge in [0.15, 0.2) is 0 Å². The molecule has 1 aliphatic carbocycles. The van der Waals surface area contributed by atoms with Crippen LogP contribution in [0.5, 0.6) is 5.75 Å². The molecule has 9 heteroatoms. The number of ether oxygens (including phenoxy) is 2. The van der Waals surface area contributed by atoms with Gasteiger partial charge in [0.05, 0.1) is 34.5 Å². The average molecular weight is 476 g/mol. The van der Waals surface area contributed by atoms with Gasteiger partial charge in [-0.2, -0.15) is 4.36 Å². The summed E-state index contributed by atoms with van der Waals surface area (Å²) in [6.45, 7) is 0. The van der Waals surface area contributed by atoms with Crippen molar-refractivity contribution in [1.29, 1.82) is 0 Å². The Morgan fingerprint density at radius 3 is 2.48 bits per heavy atom. The van der Waals surface area contributed by atoms with Crippen LogP contribution in [0.25, 0.3) is 10.9 Å². The minimum Gasteiger partial charge on any atom is -0.490 e. The lowest BCUT2D eigenvalue weighted by molar-refractivity contribution is 0.0324. The molecule has 0 amide bonds. The number of hydrogen-bond donors (Lipinski definition) is 0. The van der Waals surface area contributed by atoms with Gasteiger partial charge in [0.1, 0.15) is 23.7 Å². The van der Waals surface area contributed by atoms with Crippen molar-refractivity contribution in [3.05, 3.63) is 59.6 Å². The quantitative estimate of drug-likeness (QED) is 0.490. The van der Waals surface area contributed by atoms with Crippen molar-refractivity contribution in [1.82, 2.24) is 9.97 Å². The van der Waals surface area contributed by atoms with Gasteiger partial charge in [0, 0.05) is 53.5 Å². The molecule has 4 rings (SSSR count). The van der Waals surface area contributed by atoms with E-state index >= 15 is 4.39 Å². The third-order valence-electron chi connectivity index (χ3n) is 5.71. The van der Waals surface area contributed by atoms with Crippen LogP contribution >= 0.6 is 0 Å². The first-order chi connectivity index (χ1) is 15.7. The lowest BCUT2D eigenvalue weighted by Crippen LogP contribution is -2.28. The van der Waals surface area contributed by atoms with E-state index < -0.39 is 21.4 Å². The van der Waals surface area contributed by atoms with Crippen molar-refractivity contribution in [2.24, 2.45) is 4.36 Å². The fourth-order valence-corrected chi connectivity index (χ4v) is 4.77. The summed E-state index contributed by atoms with van der Waals surface area (Å²) in [6, 6.07) is 7.20. The zero-order chi connectivity index (χ0) is 23.6. The van der Waals surface area contributed by atoms with Crippen molar-refractivity contribution in [2.75, 3.05) is 19.6 Å². The first-order valence-corrected chi connectivity index (χ1v) is 13.1. The number of benzene rings is 2. The van der Waals surface area contributed by atoms with Crippen LogP contribution in [-0.4, -0.2) is 46.0 Å². The number of nitrogens with zero attached hydrogens (tertiary/aromatic N) is 3. The van der Waals surface area contributed by atoms with Crippen LogP contribution in [0.2, 0.25) is 0 Å². The van der Waals surface area contributed by atoms with Crippen molar-refractivity contribution < 1.29 is 22.5 Å². The predicted molar refractivity (Wildman–Crippen MR) is 124 cm³/mol. The summed E-state index contributed by atoms with van der Waals surface area (Å²) in [7, 11) is -0.736. The van der Waals surface area contributed by atoms with E-state index in [1.165, 1.54) is 37.0 Å². The number of fused-ring (bicyclic) bond motifs is 1. The molecular formula is C24H27F2N3O3S. The molecule has 0 N–H and O–H groups in total. The molecule has 3 aromatic rings. The second-order valence-electron chi connectivity index (χ2n) is 8.60. The number of methoxy groups -OCH3 is 1. The highest BCUT2D eigenvalue weighted by molar-refractivity contribution is 7.92. The molecule has 1 saturated carbocycles. The molecule has 1 aromatic heterocycles. The van der Waals surface area contributed by atoms with Gasteiger partial charge < -0.3 is 9.47 Å². The highest BCUT2D eigenvalue weighted by Gasteiger charge is 2.23. The van der Waals surface area contributed by atoms with Crippen molar-refractivity contribution >= 4 is 26.3 Å². The van der Waals surface area contributed by atoms with Gasteiger partial charge >= 0.3 is 0 Å². The van der Waals surface area contributed by atoms with E-state index in [0.29, 0.717) is 22.5 Å². The van der Waals surface area contributed by atoms with Crippen LogP contribution in [0, 0.1) is 11.6 Å². The smallest absolute Gasteiger partial charge is 0.136 e. The van der Waals surface area contributed by atoms with Gasteiger partial charge in [-0.25, -0.2) is 23.0 Å². The minimum absolute atomic E-state index is 0.0297. The maximum Gasteiger partial charge on any atom is 0.136 e. The van der Waals surface area contributed by atoms with E-state index in [1.807, 2.05) is 0 Å². The molecule has 33 heavy (non-hydrogen) atoms. The molecule has 0 bridgehead atoms. The largest absolute Gasteiger partial charge is 0.490 e. The highest BCUT2D eigenvalue weighted by Crippen LogP contribution is 2.32. The lowest BCUT2D eigenvalue weighted by Gasteiger charge is -2.28. The van der Waals surface area contributed by atoms with E-state index in [4.69, 9.17) is 9.47 Å². The Hall–Kier alpha value is -2.65. The maximum atomic E-state index is 15.1. The molecule has 176 valence electrons. The molecule has 1 aliphatic rings. The minimum atomic E-state index is -2.45. The van der Waals surface area contributed by atoms with Crippen molar-refractivity contribution in [2.45, 2.75) is 44.3 Å². The summed E-state index contributed by atoms with van der Waals surface area (Å²) in [4.78, 5) is 8.47. The van der Waals surface area contributed by atoms with Crippen LogP contribution < -0.4 is 4.74 Å². The Morgan fingerprint density at radius 1 is 1.06 bits per heavy atom. The summed E-state index contributed by atoms with van der Waals surface area (Å²) in [5.74, 6) is -0.508. The highest BCUT2D eigenvalue weighted by atomic mass is 32.2. The molecule has 1 fully saturated rings. The van der Waals surface area contributed by atoms with E-state index in [2.05, 4.69) is 14.3 Å². The van der Waals surface area contributed by atoms with Crippen molar-refractivity contribution in [3.63, 3.8) is 0 Å². The van der Waals surface area contributed by atoms with Gasteiger partial charge in [-0.1, -0.05) is 6.07 Å². The van der Waals surface area contributed by atoms with E-state index in [0.717, 1.165) is 25.7 Å². The van der Waals surface area contributed by atoms with Crippen LogP contribution in [0.3, 0.4) is 0 Å². The second-order valence-corrected chi connectivity index (χ2v) is 11.1. The number of halogens is 2. The van der Waals surface area contributed by atoms with Crippen LogP contribution in [0.4, 0.5) is 14.5 Å². The summed E-state index contributed by atoms with van der Waals surface area (Å²) < 4.78 is 56.7. The third kappa shape index (κ3) is 5.83. The summed E-state index contributed by atoms with van der Waals surface area (Å²) in [5, 5.41) is 0.256. The fraction of sp³-hybridized carbons (Fsp3) is 0.417. The molecule has 1 heterocycles. The number of aromatic nitrogens is 2. The van der Waals surface area contributed by atoms with E-state index in [9.17, 15) is 8.60 Å². The predicted octanol–water partition coefficient (Wildman–Crippen LogP) is 5.19. The van der Waals surface area contributed by atoms with E-state index in [1.54, 1.807) is 19.2 Å². The van der Waals surface area contributed by atoms with Gasteiger partial charge in [-0.05, 0) is 37.8 Å². The Labute approximate surface area is 192 Å². The molecular weight excluding hydrogens is 448 g/mol. The van der Waals surface area contributed by atoms with Crippen LogP contribution in [0.1, 0.15) is 36.9 Å². The van der Waals surface area contributed by atoms with Crippen molar-refractivity contribution in [3.8, 4) is 5.75 Å². The van der Waals surface area contributed by atoms with Gasteiger partial charge in [-0.3, -0.25) is 0 Å². The first-order valence-electron chi connectivity index (χ1n) is 10.8. The molecule has 0 saturated heterocycles. The molecule has 2 aromatic carbocycles. The maximum absolute atomic E-state index is 15.1. The van der Waals surface area contributed by atoms with Gasteiger partial charge in [0.25, 0.3) is 0 Å². The normalized spacial score (nSPS) is 18.9. The molecule has 6 nitrogen and oxygen atoms in total. The number of rotatable bonds is 6. The molecule has 0 radical (unpaired) electrons. The summed E-state index contributed by atoms with van der Waals surface area (Å²) >= 11 is 0. The Kier molecular flexibility index (Phi) is 6.90. The third-order valence-corrected chi connectivity index (χ3v) is 6.36. The molecule has 0 unspecified atom stereocenters. The monoisotopic (exact) mass is 475 g/mol. The zero-order valence-electron chi connectivity index (χ0n) is 18.9.